The second kappa shape index (κ2) is 6.72. The minimum Gasteiger partial charge on any atom is -0.366 e. The van der Waals surface area contributed by atoms with Crippen LogP contribution < -0.4 is 15.1 Å². The van der Waals surface area contributed by atoms with Gasteiger partial charge in [-0.1, -0.05) is 11.6 Å². The highest BCUT2D eigenvalue weighted by Gasteiger charge is 2.40. The Morgan fingerprint density at radius 2 is 2.11 bits per heavy atom. The highest BCUT2D eigenvalue weighted by Crippen LogP contribution is 2.40. The molecule has 1 saturated heterocycles. The molecule has 140 valence electrons. The SMILES string of the molecule is O=C(Nc1cnccn1)N1c2nc(-c3cncc(Cl)c3)ccc2N2CC[C@H]1C2. The number of rotatable bonds is 2. The summed E-state index contributed by atoms with van der Waals surface area (Å²) in [6, 6.07) is 5.55. The molecular weight excluding hydrogens is 378 g/mol. The minimum absolute atomic E-state index is 0.0596. The van der Waals surface area contributed by atoms with Crippen LogP contribution >= 0.6 is 11.6 Å². The van der Waals surface area contributed by atoms with Crippen LogP contribution in [-0.2, 0) is 0 Å². The molecule has 3 aromatic rings. The van der Waals surface area contributed by atoms with E-state index in [4.69, 9.17) is 16.6 Å². The molecule has 2 aliphatic heterocycles. The van der Waals surface area contributed by atoms with E-state index in [0.29, 0.717) is 22.4 Å². The average molecular weight is 394 g/mol. The third kappa shape index (κ3) is 2.91. The summed E-state index contributed by atoms with van der Waals surface area (Å²) in [6.45, 7) is 1.69. The maximum absolute atomic E-state index is 13.1. The summed E-state index contributed by atoms with van der Waals surface area (Å²) in [5, 5.41) is 3.36. The molecule has 2 bridgehead atoms. The summed E-state index contributed by atoms with van der Waals surface area (Å²) in [4.78, 5) is 34.1. The molecule has 1 N–H and O–H groups in total. The Morgan fingerprint density at radius 3 is 2.93 bits per heavy atom. The molecule has 28 heavy (non-hydrogen) atoms. The summed E-state index contributed by atoms with van der Waals surface area (Å²) < 4.78 is 0. The molecule has 2 amide bonds. The fourth-order valence-corrected chi connectivity index (χ4v) is 3.89. The van der Waals surface area contributed by atoms with Gasteiger partial charge in [0.2, 0.25) is 0 Å². The number of aromatic nitrogens is 4. The van der Waals surface area contributed by atoms with Gasteiger partial charge in [-0.2, -0.15) is 0 Å². The van der Waals surface area contributed by atoms with Crippen molar-refractivity contribution < 1.29 is 4.79 Å². The molecule has 0 spiro atoms. The second-order valence-corrected chi connectivity index (χ2v) is 7.15. The number of carbonyl (C=O) groups excluding carboxylic acids is 1. The van der Waals surface area contributed by atoms with Crippen molar-refractivity contribution >= 4 is 35.0 Å². The van der Waals surface area contributed by atoms with Crippen molar-refractivity contribution in [3.63, 3.8) is 0 Å². The van der Waals surface area contributed by atoms with Crippen LogP contribution in [0, 0.1) is 0 Å². The van der Waals surface area contributed by atoms with Gasteiger partial charge in [0.05, 0.1) is 28.6 Å². The van der Waals surface area contributed by atoms with Crippen molar-refractivity contribution in [2.75, 3.05) is 28.2 Å². The van der Waals surface area contributed by atoms with Crippen molar-refractivity contribution in [2.45, 2.75) is 12.5 Å². The number of hydrogen-bond acceptors (Lipinski definition) is 6. The Kier molecular flexibility index (Phi) is 4.05. The number of fused-ring (bicyclic) bond motifs is 4. The number of carbonyl (C=O) groups is 1. The quantitative estimate of drug-likeness (QED) is 0.719. The van der Waals surface area contributed by atoms with Crippen LogP contribution in [-0.4, -0.2) is 45.1 Å². The molecule has 5 rings (SSSR count). The number of hydrogen-bond donors (Lipinski definition) is 1. The van der Waals surface area contributed by atoms with Gasteiger partial charge in [0, 0.05) is 43.4 Å². The Balaban J connectivity index is 1.54. The van der Waals surface area contributed by atoms with Gasteiger partial charge >= 0.3 is 6.03 Å². The Bertz CT molecular complexity index is 1050. The molecule has 1 atom stereocenters. The molecule has 1 fully saturated rings. The van der Waals surface area contributed by atoms with Crippen LogP contribution in [0.15, 0.2) is 49.2 Å². The van der Waals surface area contributed by atoms with Crippen molar-refractivity contribution in [1.29, 1.82) is 0 Å². The summed E-state index contributed by atoms with van der Waals surface area (Å²) in [5.41, 5.74) is 2.47. The van der Waals surface area contributed by atoms with Crippen LogP contribution in [0.25, 0.3) is 11.3 Å². The zero-order chi connectivity index (χ0) is 19.1. The van der Waals surface area contributed by atoms with E-state index < -0.39 is 0 Å². The molecule has 0 saturated carbocycles. The predicted molar refractivity (Wildman–Crippen MR) is 107 cm³/mol. The molecule has 9 heteroatoms. The summed E-state index contributed by atoms with van der Waals surface area (Å²) >= 11 is 6.08. The molecule has 3 aromatic heterocycles. The highest BCUT2D eigenvalue weighted by atomic mass is 35.5. The Labute approximate surface area is 166 Å². The zero-order valence-corrected chi connectivity index (χ0v) is 15.5. The van der Waals surface area contributed by atoms with Crippen LogP contribution in [0.5, 0.6) is 0 Å². The van der Waals surface area contributed by atoms with Gasteiger partial charge in [-0.3, -0.25) is 20.2 Å². The Hall–Kier alpha value is -3.26. The van der Waals surface area contributed by atoms with E-state index in [1.54, 1.807) is 29.7 Å². The van der Waals surface area contributed by atoms with Crippen LogP contribution in [0.3, 0.4) is 0 Å². The fourth-order valence-electron chi connectivity index (χ4n) is 3.72. The van der Waals surface area contributed by atoms with Gasteiger partial charge < -0.3 is 4.90 Å². The first kappa shape index (κ1) is 16.9. The first-order valence-electron chi connectivity index (χ1n) is 8.92. The van der Waals surface area contributed by atoms with E-state index in [-0.39, 0.29) is 12.1 Å². The van der Waals surface area contributed by atoms with E-state index in [2.05, 4.69) is 25.2 Å². The number of halogens is 1. The van der Waals surface area contributed by atoms with Gasteiger partial charge in [-0.15, -0.1) is 0 Å². The van der Waals surface area contributed by atoms with Gasteiger partial charge in [0.1, 0.15) is 0 Å². The normalized spacial score (nSPS) is 17.4. The number of urea groups is 1. The van der Waals surface area contributed by atoms with Gasteiger partial charge in [-0.05, 0) is 24.6 Å². The maximum atomic E-state index is 13.1. The van der Waals surface area contributed by atoms with Crippen molar-refractivity contribution in [1.82, 2.24) is 19.9 Å². The number of nitrogens with one attached hydrogen (secondary N) is 1. The summed E-state index contributed by atoms with van der Waals surface area (Å²) in [6.07, 6.45) is 8.80. The first-order chi connectivity index (χ1) is 13.7. The molecule has 5 heterocycles. The van der Waals surface area contributed by atoms with Gasteiger partial charge in [0.15, 0.2) is 11.6 Å². The monoisotopic (exact) mass is 393 g/mol. The predicted octanol–water partition coefficient (Wildman–Crippen LogP) is 3.22. The highest BCUT2D eigenvalue weighted by molar-refractivity contribution is 6.30. The zero-order valence-electron chi connectivity index (χ0n) is 14.8. The number of pyridine rings is 2. The Morgan fingerprint density at radius 1 is 1.18 bits per heavy atom. The van der Waals surface area contributed by atoms with Crippen LogP contribution in [0.2, 0.25) is 5.02 Å². The van der Waals surface area contributed by atoms with E-state index in [0.717, 1.165) is 30.8 Å². The summed E-state index contributed by atoms with van der Waals surface area (Å²) in [5.74, 6) is 1.04. The molecule has 0 unspecified atom stereocenters. The van der Waals surface area contributed by atoms with E-state index in [9.17, 15) is 4.79 Å². The molecule has 0 aromatic carbocycles. The van der Waals surface area contributed by atoms with Crippen molar-refractivity contribution in [2.24, 2.45) is 0 Å². The summed E-state index contributed by atoms with van der Waals surface area (Å²) in [7, 11) is 0. The van der Waals surface area contributed by atoms with Crippen molar-refractivity contribution in [3.05, 3.63) is 54.2 Å². The lowest BCUT2D eigenvalue weighted by molar-refractivity contribution is 0.254. The van der Waals surface area contributed by atoms with Crippen LogP contribution in [0.1, 0.15) is 6.42 Å². The van der Waals surface area contributed by atoms with Crippen LogP contribution in [0.4, 0.5) is 22.1 Å². The van der Waals surface area contributed by atoms with E-state index in [1.165, 1.54) is 6.20 Å². The number of amides is 2. The fraction of sp³-hybridized carbons (Fsp3) is 0.211. The minimum atomic E-state index is -0.262. The topological polar surface area (TPSA) is 87.1 Å². The molecule has 2 aliphatic rings. The lowest BCUT2D eigenvalue weighted by Gasteiger charge is -2.35. The second-order valence-electron chi connectivity index (χ2n) is 6.71. The molecule has 8 nitrogen and oxygen atoms in total. The lowest BCUT2D eigenvalue weighted by Crippen LogP contribution is -2.48. The molecule has 0 aliphatic carbocycles. The van der Waals surface area contributed by atoms with Gasteiger partial charge in [-0.25, -0.2) is 14.8 Å². The number of nitrogens with zero attached hydrogens (tertiary/aromatic N) is 6. The smallest absolute Gasteiger partial charge is 0.329 e. The van der Waals surface area contributed by atoms with Crippen molar-refractivity contribution in [3.8, 4) is 11.3 Å². The number of anilines is 3. The van der Waals surface area contributed by atoms with Gasteiger partial charge in [0.25, 0.3) is 0 Å². The largest absolute Gasteiger partial charge is 0.366 e. The standard InChI is InChI=1S/C19H16ClN7O/c20-13-7-12(8-22-9-13)15-1-2-16-18(24-15)27(14-3-6-26(16)11-14)19(28)25-17-10-21-4-5-23-17/h1-2,4-5,7-10,14H,3,6,11H2,(H,23,25,28)/t14-/m0/s1. The third-order valence-corrected chi connectivity index (χ3v) is 5.18. The lowest BCUT2D eigenvalue weighted by atomic mass is 10.1. The average Bonchev–Trinajstić information content (AvgIpc) is 3.13. The third-order valence-electron chi connectivity index (χ3n) is 4.97. The first-order valence-corrected chi connectivity index (χ1v) is 9.30. The molecular formula is C19H16ClN7O. The van der Waals surface area contributed by atoms with E-state index >= 15 is 0 Å². The maximum Gasteiger partial charge on any atom is 0.329 e. The molecule has 0 radical (unpaired) electrons. The van der Waals surface area contributed by atoms with E-state index in [1.807, 2.05) is 18.2 Å².